The molecule has 0 bridgehead atoms. The monoisotopic (exact) mass is 208 g/mol. The number of amides is 1. The number of hydrogen-bond acceptors (Lipinski definition) is 3. The Morgan fingerprint density at radius 1 is 1.47 bits per heavy atom. The molecular formula is C11H16N2O2. The predicted octanol–water partition coefficient (Wildman–Crippen LogP) is 0.308. The molecule has 4 heteroatoms. The van der Waals surface area contributed by atoms with E-state index in [2.05, 4.69) is 5.32 Å². The van der Waals surface area contributed by atoms with Crippen molar-refractivity contribution in [3.05, 3.63) is 29.8 Å². The molecule has 4 nitrogen and oxygen atoms in total. The Bertz CT molecular complexity index is 322. The summed E-state index contributed by atoms with van der Waals surface area (Å²) in [6, 6.07) is 6.96. The molecule has 1 aromatic carbocycles. The molecule has 0 saturated heterocycles. The van der Waals surface area contributed by atoms with Crippen molar-refractivity contribution in [1.82, 2.24) is 5.32 Å². The number of carbonyl (C=O) groups is 1. The van der Waals surface area contributed by atoms with Crippen LogP contribution in [0, 0.1) is 0 Å². The first-order valence-corrected chi connectivity index (χ1v) is 4.86. The zero-order valence-electron chi connectivity index (χ0n) is 8.73. The van der Waals surface area contributed by atoms with Gasteiger partial charge in [0.15, 0.2) is 0 Å². The van der Waals surface area contributed by atoms with Crippen molar-refractivity contribution in [2.75, 3.05) is 12.3 Å². The Kier molecular flexibility index (Phi) is 4.12. The van der Waals surface area contributed by atoms with E-state index in [9.17, 15) is 4.79 Å². The number of carbonyl (C=O) groups excluding carboxylic acids is 1. The minimum atomic E-state index is -0.203. The smallest absolute Gasteiger partial charge is 0.224 e. The highest BCUT2D eigenvalue weighted by molar-refractivity contribution is 5.78. The Morgan fingerprint density at radius 2 is 2.07 bits per heavy atom. The van der Waals surface area contributed by atoms with Crippen LogP contribution in [0.2, 0.25) is 0 Å². The molecule has 0 aromatic heterocycles. The van der Waals surface area contributed by atoms with E-state index in [4.69, 9.17) is 10.8 Å². The fraction of sp³-hybridized carbons (Fsp3) is 0.364. The first-order valence-electron chi connectivity index (χ1n) is 4.86. The van der Waals surface area contributed by atoms with Crippen molar-refractivity contribution >= 4 is 11.6 Å². The van der Waals surface area contributed by atoms with Crippen molar-refractivity contribution < 1.29 is 9.90 Å². The van der Waals surface area contributed by atoms with E-state index in [0.29, 0.717) is 12.1 Å². The lowest BCUT2D eigenvalue weighted by Gasteiger charge is -2.10. The number of nitrogens with two attached hydrogens (primary N) is 1. The quantitative estimate of drug-likeness (QED) is 0.623. The summed E-state index contributed by atoms with van der Waals surface area (Å²) in [6.07, 6.45) is 0.310. The third kappa shape index (κ3) is 3.99. The topological polar surface area (TPSA) is 75.3 Å². The number of aliphatic hydroxyl groups excluding tert-OH is 1. The molecule has 0 aliphatic carbocycles. The lowest BCUT2D eigenvalue weighted by molar-refractivity contribution is -0.121. The molecule has 0 aliphatic rings. The van der Waals surface area contributed by atoms with E-state index in [1.807, 2.05) is 12.1 Å². The van der Waals surface area contributed by atoms with Crippen LogP contribution in [0.5, 0.6) is 0 Å². The van der Waals surface area contributed by atoms with Crippen LogP contribution in [-0.4, -0.2) is 23.7 Å². The number of benzene rings is 1. The van der Waals surface area contributed by atoms with Crippen molar-refractivity contribution in [2.24, 2.45) is 0 Å². The van der Waals surface area contributed by atoms with Gasteiger partial charge in [-0.05, 0) is 24.6 Å². The van der Waals surface area contributed by atoms with Gasteiger partial charge in [0, 0.05) is 11.7 Å². The molecule has 1 amide bonds. The van der Waals surface area contributed by atoms with Gasteiger partial charge in [-0.25, -0.2) is 0 Å². The summed E-state index contributed by atoms with van der Waals surface area (Å²) in [5.74, 6) is -0.0960. The fourth-order valence-corrected chi connectivity index (χ4v) is 1.19. The standard InChI is InChI=1S/C11H16N2O2/c1-8(7-14)13-11(15)6-9-2-4-10(12)5-3-9/h2-5,8,14H,6-7,12H2,1H3,(H,13,15)/t8-/m1/s1. The van der Waals surface area contributed by atoms with Crippen LogP contribution < -0.4 is 11.1 Å². The molecule has 1 rings (SSSR count). The van der Waals surface area contributed by atoms with Crippen LogP contribution in [0.1, 0.15) is 12.5 Å². The Morgan fingerprint density at radius 3 is 2.60 bits per heavy atom. The third-order valence-corrected chi connectivity index (χ3v) is 2.03. The highest BCUT2D eigenvalue weighted by atomic mass is 16.3. The van der Waals surface area contributed by atoms with Gasteiger partial charge < -0.3 is 16.2 Å². The van der Waals surface area contributed by atoms with E-state index >= 15 is 0 Å². The number of anilines is 1. The highest BCUT2D eigenvalue weighted by Gasteiger charge is 2.06. The number of hydrogen-bond donors (Lipinski definition) is 3. The van der Waals surface area contributed by atoms with Gasteiger partial charge in [-0.2, -0.15) is 0 Å². The van der Waals surface area contributed by atoms with Gasteiger partial charge >= 0.3 is 0 Å². The lowest BCUT2D eigenvalue weighted by Crippen LogP contribution is -2.35. The maximum absolute atomic E-state index is 11.4. The summed E-state index contributed by atoms with van der Waals surface area (Å²) < 4.78 is 0. The number of nitrogen functional groups attached to an aromatic ring is 1. The van der Waals surface area contributed by atoms with Crippen LogP contribution in [0.4, 0.5) is 5.69 Å². The van der Waals surface area contributed by atoms with Gasteiger partial charge in [-0.3, -0.25) is 4.79 Å². The SMILES string of the molecule is C[C@H](CO)NC(=O)Cc1ccc(N)cc1. The summed E-state index contributed by atoms with van der Waals surface area (Å²) in [5.41, 5.74) is 7.12. The van der Waals surface area contributed by atoms with Gasteiger partial charge in [-0.1, -0.05) is 12.1 Å². The molecule has 0 unspecified atom stereocenters. The number of aliphatic hydroxyl groups is 1. The molecule has 0 aliphatic heterocycles. The van der Waals surface area contributed by atoms with Gasteiger partial charge in [0.1, 0.15) is 0 Å². The van der Waals surface area contributed by atoms with Crippen molar-refractivity contribution in [2.45, 2.75) is 19.4 Å². The largest absolute Gasteiger partial charge is 0.399 e. The fourth-order valence-electron chi connectivity index (χ4n) is 1.19. The first kappa shape index (κ1) is 11.5. The van der Waals surface area contributed by atoms with E-state index in [1.165, 1.54) is 0 Å². The van der Waals surface area contributed by atoms with Crippen LogP contribution in [-0.2, 0) is 11.2 Å². The van der Waals surface area contributed by atoms with Crippen LogP contribution in [0.15, 0.2) is 24.3 Å². The molecule has 1 aromatic rings. The molecule has 0 heterocycles. The highest BCUT2D eigenvalue weighted by Crippen LogP contribution is 2.05. The summed E-state index contributed by atoms with van der Waals surface area (Å²) in [5, 5.41) is 11.4. The maximum atomic E-state index is 11.4. The van der Waals surface area contributed by atoms with Crippen molar-refractivity contribution in [1.29, 1.82) is 0 Å². The molecule has 0 saturated carbocycles. The molecule has 82 valence electrons. The minimum absolute atomic E-state index is 0.0481. The number of rotatable bonds is 4. The van der Waals surface area contributed by atoms with Crippen molar-refractivity contribution in [3.8, 4) is 0 Å². The molecular weight excluding hydrogens is 192 g/mol. The van der Waals surface area contributed by atoms with Gasteiger partial charge in [0.05, 0.1) is 13.0 Å². The van der Waals surface area contributed by atoms with Crippen molar-refractivity contribution in [3.63, 3.8) is 0 Å². The maximum Gasteiger partial charge on any atom is 0.224 e. The van der Waals surface area contributed by atoms with Crippen LogP contribution in [0.25, 0.3) is 0 Å². The molecule has 15 heavy (non-hydrogen) atoms. The van der Waals surface area contributed by atoms with E-state index < -0.39 is 0 Å². The Hall–Kier alpha value is -1.55. The second kappa shape index (κ2) is 5.36. The summed E-state index contributed by atoms with van der Waals surface area (Å²) in [7, 11) is 0. The van der Waals surface area contributed by atoms with Gasteiger partial charge in [-0.15, -0.1) is 0 Å². The van der Waals surface area contributed by atoms with E-state index in [0.717, 1.165) is 5.56 Å². The normalized spacial score (nSPS) is 12.1. The predicted molar refractivity (Wildman–Crippen MR) is 59.2 cm³/mol. The third-order valence-electron chi connectivity index (χ3n) is 2.03. The van der Waals surface area contributed by atoms with E-state index in [1.54, 1.807) is 19.1 Å². The lowest BCUT2D eigenvalue weighted by atomic mass is 10.1. The first-order chi connectivity index (χ1) is 7.11. The Labute approximate surface area is 89.1 Å². The van der Waals surface area contributed by atoms with Gasteiger partial charge in [0.2, 0.25) is 5.91 Å². The molecule has 0 spiro atoms. The molecule has 0 radical (unpaired) electrons. The summed E-state index contributed by atoms with van der Waals surface area (Å²) in [4.78, 5) is 11.4. The van der Waals surface area contributed by atoms with Crippen LogP contribution in [0.3, 0.4) is 0 Å². The minimum Gasteiger partial charge on any atom is -0.399 e. The number of nitrogens with one attached hydrogen (secondary N) is 1. The summed E-state index contributed by atoms with van der Waals surface area (Å²) in [6.45, 7) is 1.70. The Balaban J connectivity index is 2.48. The summed E-state index contributed by atoms with van der Waals surface area (Å²) >= 11 is 0. The average Bonchev–Trinajstić information content (AvgIpc) is 2.21. The van der Waals surface area contributed by atoms with Crippen LogP contribution >= 0.6 is 0 Å². The second-order valence-corrected chi connectivity index (χ2v) is 3.57. The zero-order valence-corrected chi connectivity index (χ0v) is 8.73. The molecule has 0 fully saturated rings. The average molecular weight is 208 g/mol. The second-order valence-electron chi connectivity index (χ2n) is 3.57. The van der Waals surface area contributed by atoms with Gasteiger partial charge in [0.25, 0.3) is 0 Å². The molecule has 1 atom stereocenters. The zero-order chi connectivity index (χ0) is 11.3. The van der Waals surface area contributed by atoms with E-state index in [-0.39, 0.29) is 18.6 Å². The molecule has 4 N–H and O–H groups in total.